The standard InChI is InChI=1S/C17H19N3O2/c1-12-4-9-16(22-12)11-20(3)13(2)17(21)19-15-7-5-14(10-18)6-8-15/h4-9,13H,11H2,1-3H3,(H,19,21)/t13-/m1/s1. The maximum Gasteiger partial charge on any atom is 0.241 e. The minimum absolute atomic E-state index is 0.101. The van der Waals surface area contributed by atoms with Crippen molar-refractivity contribution in [3.63, 3.8) is 0 Å². The van der Waals surface area contributed by atoms with Crippen molar-refractivity contribution in [3.8, 4) is 6.07 Å². The topological polar surface area (TPSA) is 69.3 Å². The van der Waals surface area contributed by atoms with Crippen LogP contribution in [-0.4, -0.2) is 23.9 Å². The average Bonchev–Trinajstić information content (AvgIpc) is 2.92. The van der Waals surface area contributed by atoms with E-state index in [-0.39, 0.29) is 11.9 Å². The first-order chi connectivity index (χ1) is 10.5. The molecule has 1 amide bonds. The minimum atomic E-state index is -0.305. The summed E-state index contributed by atoms with van der Waals surface area (Å²) in [6.07, 6.45) is 0. The smallest absolute Gasteiger partial charge is 0.241 e. The Morgan fingerprint density at radius 3 is 2.55 bits per heavy atom. The van der Waals surface area contributed by atoms with Gasteiger partial charge in [0.15, 0.2) is 0 Å². The van der Waals surface area contributed by atoms with Crippen molar-refractivity contribution < 1.29 is 9.21 Å². The molecule has 0 radical (unpaired) electrons. The van der Waals surface area contributed by atoms with Crippen LogP contribution in [-0.2, 0) is 11.3 Å². The molecule has 0 saturated carbocycles. The highest BCUT2D eigenvalue weighted by Crippen LogP contribution is 2.13. The number of anilines is 1. The van der Waals surface area contributed by atoms with Gasteiger partial charge >= 0.3 is 0 Å². The zero-order valence-electron chi connectivity index (χ0n) is 13.0. The third-order valence-corrected chi connectivity index (χ3v) is 3.52. The number of amides is 1. The molecular formula is C17H19N3O2. The molecule has 0 unspecified atom stereocenters. The number of carbonyl (C=O) groups excluding carboxylic acids is 1. The van der Waals surface area contributed by atoms with Gasteiger partial charge in [0.2, 0.25) is 5.91 Å². The van der Waals surface area contributed by atoms with Gasteiger partial charge in [0.1, 0.15) is 11.5 Å². The van der Waals surface area contributed by atoms with E-state index in [0.29, 0.717) is 17.8 Å². The van der Waals surface area contributed by atoms with Crippen molar-refractivity contribution >= 4 is 11.6 Å². The Kier molecular flexibility index (Phi) is 4.97. The maximum atomic E-state index is 12.3. The van der Waals surface area contributed by atoms with Crippen LogP contribution < -0.4 is 5.32 Å². The monoisotopic (exact) mass is 297 g/mol. The van der Waals surface area contributed by atoms with Gasteiger partial charge in [0.25, 0.3) is 0 Å². The molecule has 1 atom stereocenters. The number of nitrogens with zero attached hydrogens (tertiary/aromatic N) is 2. The second-order valence-electron chi connectivity index (χ2n) is 5.28. The molecule has 0 aliphatic rings. The number of aryl methyl sites for hydroxylation is 1. The molecule has 0 spiro atoms. The number of likely N-dealkylation sites (N-methyl/N-ethyl adjacent to an activating group) is 1. The van der Waals surface area contributed by atoms with Crippen molar-refractivity contribution in [2.45, 2.75) is 26.4 Å². The van der Waals surface area contributed by atoms with Gasteiger partial charge in [-0.15, -0.1) is 0 Å². The number of hydrogen-bond acceptors (Lipinski definition) is 4. The normalized spacial score (nSPS) is 12.0. The lowest BCUT2D eigenvalue weighted by Crippen LogP contribution is -2.39. The summed E-state index contributed by atoms with van der Waals surface area (Å²) in [4.78, 5) is 14.2. The lowest BCUT2D eigenvalue weighted by atomic mass is 10.2. The molecule has 0 saturated heterocycles. The van der Waals surface area contributed by atoms with Crippen LogP contribution in [0, 0.1) is 18.3 Å². The molecule has 1 N–H and O–H groups in total. The van der Waals surface area contributed by atoms with Crippen molar-refractivity contribution in [3.05, 3.63) is 53.5 Å². The van der Waals surface area contributed by atoms with Crippen LogP contribution in [0.1, 0.15) is 24.0 Å². The fourth-order valence-corrected chi connectivity index (χ4v) is 2.03. The van der Waals surface area contributed by atoms with E-state index in [1.807, 2.05) is 44.0 Å². The first-order valence-corrected chi connectivity index (χ1v) is 7.06. The molecular weight excluding hydrogens is 278 g/mol. The highest BCUT2D eigenvalue weighted by Gasteiger charge is 2.19. The first kappa shape index (κ1) is 15.8. The summed E-state index contributed by atoms with van der Waals surface area (Å²) in [5, 5.41) is 11.6. The molecule has 5 heteroatoms. The third kappa shape index (κ3) is 3.96. The summed E-state index contributed by atoms with van der Waals surface area (Å²) in [6.45, 7) is 4.30. The molecule has 2 aromatic rings. The number of furan rings is 1. The zero-order chi connectivity index (χ0) is 16.1. The van der Waals surface area contributed by atoms with E-state index < -0.39 is 0 Å². The van der Waals surface area contributed by atoms with Crippen LogP contribution in [0.3, 0.4) is 0 Å². The summed E-state index contributed by atoms with van der Waals surface area (Å²) >= 11 is 0. The highest BCUT2D eigenvalue weighted by atomic mass is 16.3. The fourth-order valence-electron chi connectivity index (χ4n) is 2.03. The molecule has 1 heterocycles. The summed E-state index contributed by atoms with van der Waals surface area (Å²) in [6, 6.07) is 12.4. The van der Waals surface area contributed by atoms with Gasteiger partial charge in [-0.1, -0.05) is 0 Å². The quantitative estimate of drug-likeness (QED) is 0.921. The molecule has 22 heavy (non-hydrogen) atoms. The van der Waals surface area contributed by atoms with E-state index >= 15 is 0 Å². The Hall–Kier alpha value is -2.58. The largest absolute Gasteiger partial charge is 0.465 e. The van der Waals surface area contributed by atoms with E-state index in [4.69, 9.17) is 9.68 Å². The fraction of sp³-hybridized carbons (Fsp3) is 0.294. The average molecular weight is 297 g/mol. The van der Waals surface area contributed by atoms with Crippen LogP contribution >= 0.6 is 0 Å². The van der Waals surface area contributed by atoms with Gasteiger partial charge in [0.05, 0.1) is 24.2 Å². The summed E-state index contributed by atoms with van der Waals surface area (Å²) in [5.74, 6) is 1.59. The summed E-state index contributed by atoms with van der Waals surface area (Å²) < 4.78 is 5.52. The first-order valence-electron chi connectivity index (χ1n) is 7.06. The number of nitriles is 1. The van der Waals surface area contributed by atoms with Crippen LogP contribution in [0.5, 0.6) is 0 Å². The molecule has 0 fully saturated rings. The molecule has 0 aliphatic heterocycles. The van der Waals surface area contributed by atoms with Crippen molar-refractivity contribution in [2.75, 3.05) is 12.4 Å². The van der Waals surface area contributed by atoms with Gasteiger partial charge in [-0.25, -0.2) is 0 Å². The second-order valence-corrected chi connectivity index (χ2v) is 5.28. The Morgan fingerprint density at radius 1 is 1.32 bits per heavy atom. The van der Waals surface area contributed by atoms with E-state index in [2.05, 4.69) is 5.32 Å². The maximum absolute atomic E-state index is 12.3. The Labute approximate surface area is 130 Å². The number of rotatable bonds is 5. The molecule has 1 aromatic heterocycles. The molecule has 0 aliphatic carbocycles. The van der Waals surface area contributed by atoms with E-state index in [1.54, 1.807) is 24.3 Å². The predicted octanol–water partition coefficient (Wildman–Crippen LogP) is 2.92. The lowest BCUT2D eigenvalue weighted by molar-refractivity contribution is -0.120. The Morgan fingerprint density at radius 2 is 2.00 bits per heavy atom. The number of benzene rings is 1. The molecule has 0 bridgehead atoms. The number of hydrogen-bond donors (Lipinski definition) is 1. The van der Waals surface area contributed by atoms with Crippen LogP contribution in [0.15, 0.2) is 40.8 Å². The van der Waals surface area contributed by atoms with Crippen LogP contribution in [0.4, 0.5) is 5.69 Å². The van der Waals surface area contributed by atoms with E-state index in [9.17, 15) is 4.79 Å². The second kappa shape index (κ2) is 6.92. The Balaban J connectivity index is 1.94. The lowest BCUT2D eigenvalue weighted by Gasteiger charge is -2.22. The van der Waals surface area contributed by atoms with Crippen LogP contribution in [0.2, 0.25) is 0 Å². The summed E-state index contributed by atoms with van der Waals surface area (Å²) in [5.41, 5.74) is 1.24. The van der Waals surface area contributed by atoms with Crippen molar-refractivity contribution in [2.24, 2.45) is 0 Å². The minimum Gasteiger partial charge on any atom is -0.465 e. The van der Waals surface area contributed by atoms with Crippen molar-refractivity contribution in [1.29, 1.82) is 5.26 Å². The van der Waals surface area contributed by atoms with Gasteiger partial charge in [0, 0.05) is 5.69 Å². The van der Waals surface area contributed by atoms with Gasteiger partial charge in [-0.05, 0) is 57.3 Å². The molecule has 5 nitrogen and oxygen atoms in total. The van der Waals surface area contributed by atoms with Crippen LogP contribution in [0.25, 0.3) is 0 Å². The van der Waals surface area contributed by atoms with Crippen molar-refractivity contribution in [1.82, 2.24) is 4.90 Å². The number of nitrogens with one attached hydrogen (secondary N) is 1. The molecule has 114 valence electrons. The molecule has 1 aromatic carbocycles. The SMILES string of the molecule is Cc1ccc(CN(C)[C@H](C)C(=O)Nc2ccc(C#N)cc2)o1. The van der Waals surface area contributed by atoms with Gasteiger partial charge in [-0.3, -0.25) is 9.69 Å². The predicted molar refractivity (Wildman–Crippen MR) is 84.2 cm³/mol. The Bertz CT molecular complexity index is 683. The molecule has 2 rings (SSSR count). The van der Waals surface area contributed by atoms with Gasteiger partial charge < -0.3 is 9.73 Å². The number of carbonyl (C=O) groups is 1. The van der Waals surface area contributed by atoms with Gasteiger partial charge in [-0.2, -0.15) is 5.26 Å². The third-order valence-electron chi connectivity index (χ3n) is 3.52. The highest BCUT2D eigenvalue weighted by molar-refractivity contribution is 5.94. The van der Waals surface area contributed by atoms with E-state index in [1.165, 1.54) is 0 Å². The summed E-state index contributed by atoms with van der Waals surface area (Å²) in [7, 11) is 1.88. The zero-order valence-corrected chi connectivity index (χ0v) is 13.0. The van der Waals surface area contributed by atoms with E-state index in [0.717, 1.165) is 11.5 Å².